The van der Waals surface area contributed by atoms with Crippen molar-refractivity contribution < 1.29 is 14.7 Å². The Balaban J connectivity index is 1.73. The smallest absolute Gasteiger partial charge is 0.229 e. The molecule has 0 aromatic heterocycles. The Morgan fingerprint density at radius 3 is 2.83 bits per heavy atom. The first kappa shape index (κ1) is 16.3. The number of nitrogens with one attached hydrogen (secondary N) is 1. The first-order chi connectivity index (χ1) is 11.4. The first-order valence-electron chi connectivity index (χ1n) is 7.60. The van der Waals surface area contributed by atoms with Crippen molar-refractivity contribution in [1.29, 1.82) is 0 Å². The molecule has 2 aromatic rings. The summed E-state index contributed by atoms with van der Waals surface area (Å²) < 4.78 is 0. The number of phenols is 1. The summed E-state index contributed by atoms with van der Waals surface area (Å²) in [7, 11) is 0. The number of hydrogen-bond donors (Lipinski definition) is 2. The van der Waals surface area contributed by atoms with Crippen LogP contribution in [0.4, 0.5) is 11.4 Å². The number of amides is 2. The third kappa shape index (κ3) is 3.36. The molecule has 1 unspecified atom stereocenters. The predicted octanol–water partition coefficient (Wildman–Crippen LogP) is 3.35. The van der Waals surface area contributed by atoms with E-state index in [1.807, 2.05) is 13.0 Å². The Hall–Kier alpha value is -2.53. The van der Waals surface area contributed by atoms with E-state index in [9.17, 15) is 14.7 Å². The Morgan fingerprint density at radius 2 is 2.08 bits per heavy atom. The summed E-state index contributed by atoms with van der Waals surface area (Å²) in [5.74, 6) is -0.707. The summed E-state index contributed by atoms with van der Waals surface area (Å²) >= 11 is 5.96. The van der Waals surface area contributed by atoms with Gasteiger partial charge in [-0.1, -0.05) is 23.7 Å². The van der Waals surface area contributed by atoms with Gasteiger partial charge >= 0.3 is 0 Å². The molecule has 1 heterocycles. The second-order valence-electron chi connectivity index (χ2n) is 5.87. The van der Waals surface area contributed by atoms with E-state index < -0.39 is 5.92 Å². The van der Waals surface area contributed by atoms with Crippen LogP contribution in [0.5, 0.6) is 5.75 Å². The molecule has 1 aliphatic rings. The van der Waals surface area contributed by atoms with Crippen molar-refractivity contribution in [2.75, 3.05) is 16.8 Å². The minimum atomic E-state index is -0.446. The van der Waals surface area contributed by atoms with E-state index in [0.29, 0.717) is 16.4 Å². The van der Waals surface area contributed by atoms with Gasteiger partial charge in [-0.2, -0.15) is 0 Å². The van der Waals surface area contributed by atoms with Crippen LogP contribution in [0.3, 0.4) is 0 Å². The molecule has 0 saturated carbocycles. The number of nitrogens with zero attached hydrogens (tertiary/aromatic N) is 1. The van der Waals surface area contributed by atoms with E-state index >= 15 is 0 Å². The highest BCUT2D eigenvalue weighted by Gasteiger charge is 2.35. The lowest BCUT2D eigenvalue weighted by molar-refractivity contribution is -0.122. The van der Waals surface area contributed by atoms with Crippen molar-refractivity contribution >= 4 is 34.8 Å². The lowest BCUT2D eigenvalue weighted by Gasteiger charge is -2.17. The number of carbonyl (C=O) groups is 2. The second kappa shape index (κ2) is 6.53. The highest BCUT2D eigenvalue weighted by atomic mass is 35.5. The fourth-order valence-electron chi connectivity index (χ4n) is 2.76. The summed E-state index contributed by atoms with van der Waals surface area (Å²) in [6.07, 6.45) is 0.140. The lowest BCUT2D eigenvalue weighted by atomic mass is 10.1. The van der Waals surface area contributed by atoms with Gasteiger partial charge in [-0.25, -0.2) is 0 Å². The van der Waals surface area contributed by atoms with Crippen LogP contribution in [0, 0.1) is 12.8 Å². The van der Waals surface area contributed by atoms with Crippen molar-refractivity contribution in [3.8, 4) is 5.75 Å². The van der Waals surface area contributed by atoms with E-state index in [-0.39, 0.29) is 30.5 Å². The summed E-state index contributed by atoms with van der Waals surface area (Å²) in [4.78, 5) is 26.2. The number of aryl methyl sites for hydroxylation is 1. The van der Waals surface area contributed by atoms with E-state index in [4.69, 9.17) is 11.6 Å². The van der Waals surface area contributed by atoms with Gasteiger partial charge in [-0.15, -0.1) is 0 Å². The van der Waals surface area contributed by atoms with Gasteiger partial charge in [0.15, 0.2) is 0 Å². The van der Waals surface area contributed by atoms with Crippen molar-refractivity contribution in [2.45, 2.75) is 13.3 Å². The van der Waals surface area contributed by atoms with Gasteiger partial charge in [0.25, 0.3) is 0 Å². The molecule has 2 amide bonds. The number of hydrogen-bond acceptors (Lipinski definition) is 3. The minimum absolute atomic E-state index is 0.0859. The summed E-state index contributed by atoms with van der Waals surface area (Å²) in [6, 6.07) is 11.7. The number of carbonyl (C=O) groups excluding carboxylic acids is 2. The molecule has 0 aliphatic carbocycles. The zero-order valence-corrected chi connectivity index (χ0v) is 13.9. The van der Waals surface area contributed by atoms with E-state index in [1.54, 1.807) is 24.3 Å². The first-order valence-corrected chi connectivity index (χ1v) is 7.98. The Labute approximate surface area is 144 Å². The lowest BCUT2D eigenvalue weighted by Crippen LogP contribution is -2.28. The van der Waals surface area contributed by atoms with Crippen LogP contribution in [0.15, 0.2) is 42.5 Å². The maximum absolute atomic E-state index is 12.5. The molecule has 124 valence electrons. The molecule has 0 bridgehead atoms. The Morgan fingerprint density at radius 1 is 1.29 bits per heavy atom. The van der Waals surface area contributed by atoms with E-state index in [0.717, 1.165) is 5.56 Å². The van der Waals surface area contributed by atoms with Crippen LogP contribution < -0.4 is 10.2 Å². The quantitative estimate of drug-likeness (QED) is 0.897. The molecule has 0 spiro atoms. The van der Waals surface area contributed by atoms with Gasteiger partial charge in [0, 0.05) is 35.4 Å². The maximum Gasteiger partial charge on any atom is 0.229 e. The van der Waals surface area contributed by atoms with Crippen molar-refractivity contribution in [1.82, 2.24) is 0 Å². The monoisotopic (exact) mass is 344 g/mol. The molecular formula is C18H17ClN2O3. The normalized spacial score (nSPS) is 17.2. The SMILES string of the molecule is Cc1ccc(Cl)cc1NC(=O)C1CC(=O)N(c2cccc(O)c2)C1. The zero-order valence-electron chi connectivity index (χ0n) is 13.1. The van der Waals surface area contributed by atoms with Crippen LogP contribution in [0.25, 0.3) is 0 Å². The summed E-state index contributed by atoms with van der Waals surface area (Å²) in [5.41, 5.74) is 2.15. The number of halogens is 1. The summed E-state index contributed by atoms with van der Waals surface area (Å²) in [5, 5.41) is 12.9. The van der Waals surface area contributed by atoms with Gasteiger partial charge in [0.2, 0.25) is 11.8 Å². The molecule has 1 atom stereocenters. The van der Waals surface area contributed by atoms with Crippen LogP contribution in [0.2, 0.25) is 5.02 Å². The van der Waals surface area contributed by atoms with Crippen LogP contribution in [-0.4, -0.2) is 23.5 Å². The highest BCUT2D eigenvalue weighted by Crippen LogP contribution is 2.29. The minimum Gasteiger partial charge on any atom is -0.508 e. The predicted molar refractivity (Wildman–Crippen MR) is 93.4 cm³/mol. The number of benzene rings is 2. The topological polar surface area (TPSA) is 69.6 Å². The Kier molecular flexibility index (Phi) is 4.44. The molecule has 3 rings (SSSR count). The van der Waals surface area contributed by atoms with Crippen LogP contribution in [0.1, 0.15) is 12.0 Å². The van der Waals surface area contributed by atoms with E-state index in [2.05, 4.69) is 5.32 Å². The van der Waals surface area contributed by atoms with Crippen molar-refractivity contribution in [3.05, 3.63) is 53.1 Å². The maximum atomic E-state index is 12.5. The molecule has 1 fully saturated rings. The third-order valence-corrected chi connectivity index (χ3v) is 4.33. The molecule has 0 radical (unpaired) electrons. The highest BCUT2D eigenvalue weighted by molar-refractivity contribution is 6.31. The van der Waals surface area contributed by atoms with Gasteiger partial charge in [0.05, 0.1) is 5.92 Å². The standard InChI is InChI=1S/C18H17ClN2O3/c1-11-5-6-13(19)8-16(11)20-18(24)12-7-17(23)21(10-12)14-3-2-4-15(22)9-14/h2-6,8-9,12,22H,7,10H2,1H3,(H,20,24). The van der Waals surface area contributed by atoms with Crippen molar-refractivity contribution in [2.24, 2.45) is 5.92 Å². The second-order valence-corrected chi connectivity index (χ2v) is 6.31. The van der Waals surface area contributed by atoms with Gasteiger partial charge in [-0.3, -0.25) is 9.59 Å². The molecule has 6 heteroatoms. The van der Waals surface area contributed by atoms with E-state index in [1.165, 1.54) is 17.0 Å². The average molecular weight is 345 g/mol. The number of aromatic hydroxyl groups is 1. The molecule has 24 heavy (non-hydrogen) atoms. The molecule has 2 N–H and O–H groups in total. The molecule has 2 aromatic carbocycles. The van der Waals surface area contributed by atoms with Gasteiger partial charge in [-0.05, 0) is 36.8 Å². The van der Waals surface area contributed by atoms with Gasteiger partial charge in [0.1, 0.15) is 5.75 Å². The van der Waals surface area contributed by atoms with Gasteiger partial charge < -0.3 is 15.3 Å². The van der Waals surface area contributed by atoms with Crippen LogP contribution in [-0.2, 0) is 9.59 Å². The average Bonchev–Trinajstić information content (AvgIpc) is 2.93. The fraction of sp³-hybridized carbons (Fsp3) is 0.222. The molecule has 1 aliphatic heterocycles. The molecule has 1 saturated heterocycles. The van der Waals surface area contributed by atoms with Crippen LogP contribution >= 0.6 is 11.6 Å². The number of anilines is 2. The number of rotatable bonds is 3. The fourth-order valence-corrected chi connectivity index (χ4v) is 2.93. The van der Waals surface area contributed by atoms with Crippen molar-refractivity contribution in [3.63, 3.8) is 0 Å². The molecular weight excluding hydrogens is 328 g/mol. The Bertz CT molecular complexity index is 807. The summed E-state index contributed by atoms with van der Waals surface area (Å²) in [6.45, 7) is 2.17. The zero-order chi connectivity index (χ0) is 17.3. The molecule has 5 nitrogen and oxygen atoms in total. The number of phenolic OH excluding ortho intramolecular Hbond substituents is 1. The third-order valence-electron chi connectivity index (χ3n) is 4.09. The largest absolute Gasteiger partial charge is 0.508 e.